The molecule has 29 heavy (non-hydrogen) atoms. The van der Waals surface area contributed by atoms with E-state index < -0.39 is 11.9 Å². The lowest BCUT2D eigenvalue weighted by atomic mass is 9.97. The third kappa shape index (κ3) is 3.45. The van der Waals surface area contributed by atoms with E-state index in [0.717, 1.165) is 27.2 Å². The van der Waals surface area contributed by atoms with E-state index in [1.54, 1.807) is 4.68 Å². The van der Waals surface area contributed by atoms with Crippen LogP contribution in [0.2, 0.25) is 0 Å². The maximum absolute atomic E-state index is 12.9. The highest BCUT2D eigenvalue weighted by molar-refractivity contribution is 6.16. The highest BCUT2D eigenvalue weighted by Crippen LogP contribution is 2.29. The Labute approximate surface area is 168 Å². The topological polar surface area (TPSA) is 73.2 Å². The number of nitrogens with zero attached hydrogens (tertiary/aromatic N) is 2. The number of aryl methyl sites for hydroxylation is 2. The second kappa shape index (κ2) is 7.39. The number of fused-ring (bicyclic) bond motifs is 2. The quantitative estimate of drug-likeness (QED) is 0.422. The SMILES string of the molecule is Cc1nn(C)c(C)c1NC(=O)COC(=O)c1c2ccccc2cc2ccccc12. The number of anilines is 1. The van der Waals surface area contributed by atoms with Crippen molar-refractivity contribution >= 4 is 39.1 Å². The predicted octanol–water partition coefficient (Wildman–Crippen LogP) is 4.14. The molecule has 1 amide bonds. The average molecular weight is 387 g/mol. The number of rotatable bonds is 4. The van der Waals surface area contributed by atoms with E-state index in [4.69, 9.17) is 4.74 Å². The Balaban J connectivity index is 1.60. The van der Waals surface area contributed by atoms with Gasteiger partial charge >= 0.3 is 5.97 Å². The van der Waals surface area contributed by atoms with Gasteiger partial charge in [0.25, 0.3) is 5.91 Å². The van der Waals surface area contributed by atoms with Crippen LogP contribution in [0.3, 0.4) is 0 Å². The first-order valence-electron chi connectivity index (χ1n) is 9.33. The number of hydrogen-bond acceptors (Lipinski definition) is 4. The third-order valence-corrected chi connectivity index (χ3v) is 5.08. The molecule has 0 aliphatic rings. The number of ether oxygens (including phenoxy) is 1. The standard InChI is InChI=1S/C23H21N3O3/c1-14-22(15(2)26(3)25-14)24-20(27)13-29-23(28)21-18-10-6-4-8-16(18)12-17-9-5-7-11-19(17)21/h4-12H,13H2,1-3H3,(H,24,27). The van der Waals surface area contributed by atoms with Gasteiger partial charge < -0.3 is 10.1 Å². The summed E-state index contributed by atoms with van der Waals surface area (Å²) in [5.74, 6) is -0.921. The molecule has 0 spiro atoms. The fourth-order valence-corrected chi connectivity index (χ4v) is 3.57. The predicted molar refractivity (Wildman–Crippen MR) is 113 cm³/mol. The first kappa shape index (κ1) is 18.7. The second-order valence-electron chi connectivity index (χ2n) is 6.99. The van der Waals surface area contributed by atoms with Gasteiger partial charge in [-0.15, -0.1) is 0 Å². The molecule has 0 unspecified atom stereocenters. The van der Waals surface area contributed by atoms with Crippen LogP contribution in [-0.2, 0) is 16.6 Å². The van der Waals surface area contributed by atoms with Gasteiger partial charge in [0.05, 0.1) is 22.6 Å². The molecule has 6 heteroatoms. The fraction of sp³-hybridized carbons (Fsp3) is 0.174. The summed E-state index contributed by atoms with van der Waals surface area (Å²) in [7, 11) is 1.81. The van der Waals surface area contributed by atoms with Crippen LogP contribution in [0.25, 0.3) is 21.5 Å². The lowest BCUT2D eigenvalue weighted by molar-refractivity contribution is -0.119. The number of aromatic nitrogens is 2. The van der Waals surface area contributed by atoms with E-state index in [9.17, 15) is 9.59 Å². The molecule has 0 bridgehead atoms. The summed E-state index contributed by atoms with van der Waals surface area (Å²) in [4.78, 5) is 25.3. The van der Waals surface area contributed by atoms with Gasteiger partial charge in [-0.1, -0.05) is 48.5 Å². The summed E-state index contributed by atoms with van der Waals surface area (Å²) in [6.07, 6.45) is 0. The fourth-order valence-electron chi connectivity index (χ4n) is 3.57. The van der Waals surface area contributed by atoms with Crippen molar-refractivity contribution in [2.75, 3.05) is 11.9 Å². The van der Waals surface area contributed by atoms with Crippen molar-refractivity contribution in [1.29, 1.82) is 0 Å². The molecule has 4 aromatic rings. The van der Waals surface area contributed by atoms with Gasteiger partial charge in [0, 0.05) is 7.05 Å². The van der Waals surface area contributed by atoms with Gasteiger partial charge in [0.2, 0.25) is 0 Å². The van der Waals surface area contributed by atoms with Crippen LogP contribution in [0.15, 0.2) is 54.6 Å². The largest absolute Gasteiger partial charge is 0.452 e. The maximum Gasteiger partial charge on any atom is 0.339 e. The van der Waals surface area contributed by atoms with E-state index in [-0.39, 0.29) is 6.61 Å². The number of carbonyl (C=O) groups excluding carboxylic acids is 2. The number of amides is 1. The number of nitrogens with one attached hydrogen (secondary N) is 1. The first-order valence-corrected chi connectivity index (χ1v) is 9.33. The van der Waals surface area contributed by atoms with Crippen molar-refractivity contribution in [3.05, 3.63) is 71.5 Å². The third-order valence-electron chi connectivity index (χ3n) is 5.08. The Kier molecular flexibility index (Phi) is 4.76. The Hall–Kier alpha value is -3.67. The number of carbonyl (C=O) groups is 2. The molecular formula is C23H21N3O3. The summed E-state index contributed by atoms with van der Waals surface area (Å²) in [6, 6.07) is 17.4. The molecule has 0 aliphatic carbocycles. The Morgan fingerprint density at radius 1 is 1.00 bits per heavy atom. The van der Waals surface area contributed by atoms with E-state index >= 15 is 0 Å². The van der Waals surface area contributed by atoms with E-state index in [1.165, 1.54) is 0 Å². The molecule has 6 nitrogen and oxygen atoms in total. The summed E-state index contributed by atoms with van der Waals surface area (Å²) >= 11 is 0. The van der Waals surface area contributed by atoms with E-state index in [0.29, 0.717) is 16.9 Å². The average Bonchev–Trinajstić information content (AvgIpc) is 2.96. The highest BCUT2D eigenvalue weighted by Gasteiger charge is 2.18. The van der Waals surface area contributed by atoms with Crippen LogP contribution in [0.1, 0.15) is 21.7 Å². The lowest BCUT2D eigenvalue weighted by Gasteiger charge is -2.11. The van der Waals surface area contributed by atoms with Gasteiger partial charge in [-0.05, 0) is 41.5 Å². The molecule has 0 saturated heterocycles. The van der Waals surface area contributed by atoms with Crippen LogP contribution in [0, 0.1) is 13.8 Å². The summed E-state index contributed by atoms with van der Waals surface area (Å²) in [5.41, 5.74) is 2.66. The Morgan fingerprint density at radius 3 is 2.14 bits per heavy atom. The Morgan fingerprint density at radius 2 is 1.59 bits per heavy atom. The zero-order chi connectivity index (χ0) is 20.5. The summed E-state index contributed by atoms with van der Waals surface area (Å²) in [6.45, 7) is 3.31. The first-order chi connectivity index (χ1) is 14.0. The van der Waals surface area contributed by atoms with Crippen LogP contribution in [0.5, 0.6) is 0 Å². The van der Waals surface area contributed by atoms with Crippen molar-refractivity contribution in [2.45, 2.75) is 13.8 Å². The summed E-state index contributed by atoms with van der Waals surface area (Å²) < 4.78 is 7.08. The minimum atomic E-state index is -0.521. The van der Waals surface area contributed by atoms with Crippen LogP contribution < -0.4 is 5.32 Å². The monoisotopic (exact) mass is 387 g/mol. The van der Waals surface area contributed by atoms with Crippen LogP contribution >= 0.6 is 0 Å². The highest BCUT2D eigenvalue weighted by atomic mass is 16.5. The molecule has 0 atom stereocenters. The molecule has 1 heterocycles. The van der Waals surface area contributed by atoms with Gasteiger partial charge in [-0.2, -0.15) is 5.10 Å². The molecule has 0 aliphatic heterocycles. The van der Waals surface area contributed by atoms with Crippen molar-refractivity contribution in [1.82, 2.24) is 9.78 Å². The number of esters is 1. The number of hydrogen-bond donors (Lipinski definition) is 1. The zero-order valence-corrected chi connectivity index (χ0v) is 16.5. The molecule has 3 aromatic carbocycles. The van der Waals surface area contributed by atoms with Gasteiger partial charge in [-0.25, -0.2) is 4.79 Å². The van der Waals surface area contributed by atoms with Crippen molar-refractivity contribution in [3.63, 3.8) is 0 Å². The van der Waals surface area contributed by atoms with Crippen LogP contribution in [0.4, 0.5) is 5.69 Å². The summed E-state index contributed by atoms with van der Waals surface area (Å²) in [5, 5.41) is 10.5. The maximum atomic E-state index is 12.9. The minimum absolute atomic E-state index is 0.371. The molecule has 0 fully saturated rings. The van der Waals surface area contributed by atoms with Gasteiger partial charge in [0.1, 0.15) is 0 Å². The molecular weight excluding hydrogens is 366 g/mol. The van der Waals surface area contributed by atoms with Gasteiger partial charge in [0.15, 0.2) is 6.61 Å². The van der Waals surface area contributed by atoms with Crippen molar-refractivity contribution < 1.29 is 14.3 Å². The zero-order valence-electron chi connectivity index (χ0n) is 16.5. The molecule has 1 aromatic heterocycles. The molecule has 0 radical (unpaired) electrons. The van der Waals surface area contributed by atoms with Crippen molar-refractivity contribution in [3.8, 4) is 0 Å². The smallest absolute Gasteiger partial charge is 0.339 e. The van der Waals surface area contributed by atoms with E-state index in [1.807, 2.05) is 75.5 Å². The normalized spacial score (nSPS) is 11.0. The number of benzene rings is 3. The molecule has 4 rings (SSSR count). The van der Waals surface area contributed by atoms with Crippen molar-refractivity contribution in [2.24, 2.45) is 7.05 Å². The molecule has 1 N–H and O–H groups in total. The van der Waals surface area contributed by atoms with Gasteiger partial charge in [-0.3, -0.25) is 9.48 Å². The minimum Gasteiger partial charge on any atom is -0.452 e. The lowest BCUT2D eigenvalue weighted by Crippen LogP contribution is -2.21. The van der Waals surface area contributed by atoms with E-state index in [2.05, 4.69) is 10.4 Å². The second-order valence-corrected chi connectivity index (χ2v) is 6.99. The Bertz CT molecular complexity index is 1200. The molecule has 0 saturated carbocycles. The van der Waals surface area contributed by atoms with Crippen LogP contribution in [-0.4, -0.2) is 28.3 Å². The molecule has 146 valence electrons.